The normalized spacial score (nSPS) is 17.1. The van der Waals surface area contributed by atoms with E-state index in [0.717, 1.165) is 18.3 Å². The molecule has 0 atom stereocenters. The second kappa shape index (κ2) is 7.75. The molecule has 0 N–H and O–H groups in total. The van der Waals surface area contributed by atoms with E-state index >= 15 is 0 Å². The molecular weight excluding hydrogens is 404 g/mol. The number of benzene rings is 2. The number of sulfonamides is 1. The molecule has 0 amide bonds. The summed E-state index contributed by atoms with van der Waals surface area (Å²) in [5.74, 6) is 0. The van der Waals surface area contributed by atoms with Gasteiger partial charge in [-0.3, -0.25) is 4.90 Å². The molecule has 1 aromatic heterocycles. The molecule has 8 heteroatoms. The molecule has 0 saturated carbocycles. The van der Waals surface area contributed by atoms with Crippen molar-refractivity contribution in [3.05, 3.63) is 53.6 Å². The van der Waals surface area contributed by atoms with Gasteiger partial charge in [-0.1, -0.05) is 51.1 Å². The van der Waals surface area contributed by atoms with E-state index in [1.54, 1.807) is 22.5 Å². The Balaban J connectivity index is 1.42. The lowest BCUT2D eigenvalue weighted by Gasteiger charge is -2.34. The van der Waals surface area contributed by atoms with Crippen molar-refractivity contribution in [2.45, 2.75) is 37.6 Å². The highest BCUT2D eigenvalue weighted by Gasteiger charge is 2.30. The van der Waals surface area contributed by atoms with Gasteiger partial charge in [-0.15, -0.1) is 0 Å². The zero-order valence-electron chi connectivity index (χ0n) is 17.0. The Morgan fingerprint density at radius 2 is 1.66 bits per heavy atom. The van der Waals surface area contributed by atoms with Gasteiger partial charge in [0, 0.05) is 32.7 Å². The lowest BCUT2D eigenvalue weighted by Crippen LogP contribution is -2.48. The predicted octanol–water partition coefficient (Wildman–Crippen LogP) is 3.50. The van der Waals surface area contributed by atoms with Crippen molar-refractivity contribution in [3.8, 4) is 0 Å². The van der Waals surface area contributed by atoms with Gasteiger partial charge in [-0.05, 0) is 28.7 Å². The van der Waals surface area contributed by atoms with Crippen LogP contribution < -0.4 is 0 Å². The summed E-state index contributed by atoms with van der Waals surface area (Å²) >= 11 is 1.04. The highest BCUT2D eigenvalue weighted by atomic mass is 32.2. The SMILES string of the molecule is CC(C)(C)c1ccc(CN2CCN(S(=O)(=O)c3cccc4nsnc34)CC2)cc1. The van der Waals surface area contributed by atoms with E-state index in [9.17, 15) is 8.42 Å². The molecule has 1 saturated heterocycles. The summed E-state index contributed by atoms with van der Waals surface area (Å²) in [6.07, 6.45) is 0. The molecule has 1 aliphatic rings. The molecule has 154 valence electrons. The number of nitrogens with zero attached hydrogens (tertiary/aromatic N) is 4. The Hall–Kier alpha value is -1.87. The number of fused-ring (bicyclic) bond motifs is 1. The van der Waals surface area contributed by atoms with E-state index in [1.165, 1.54) is 11.1 Å². The molecule has 0 aliphatic carbocycles. The van der Waals surface area contributed by atoms with Gasteiger partial charge in [0.05, 0.1) is 11.7 Å². The molecule has 4 rings (SSSR count). The Labute approximate surface area is 176 Å². The van der Waals surface area contributed by atoms with Gasteiger partial charge in [-0.25, -0.2) is 8.42 Å². The van der Waals surface area contributed by atoms with Gasteiger partial charge in [0.25, 0.3) is 0 Å². The van der Waals surface area contributed by atoms with E-state index in [4.69, 9.17) is 0 Å². The van der Waals surface area contributed by atoms with Crippen LogP contribution in [0.15, 0.2) is 47.4 Å². The fraction of sp³-hybridized carbons (Fsp3) is 0.429. The van der Waals surface area contributed by atoms with Crippen molar-refractivity contribution in [2.75, 3.05) is 26.2 Å². The maximum absolute atomic E-state index is 13.1. The fourth-order valence-corrected chi connectivity index (χ4v) is 5.80. The van der Waals surface area contributed by atoms with Crippen LogP contribution in [0.25, 0.3) is 11.0 Å². The average Bonchev–Trinajstić information content (AvgIpc) is 3.17. The van der Waals surface area contributed by atoms with Crippen LogP contribution in [0.5, 0.6) is 0 Å². The molecule has 6 nitrogen and oxygen atoms in total. The molecular formula is C21H26N4O2S2. The summed E-state index contributed by atoms with van der Waals surface area (Å²) in [6.45, 7) is 9.87. The maximum atomic E-state index is 13.1. The average molecular weight is 431 g/mol. The zero-order chi connectivity index (χ0) is 20.6. The van der Waals surface area contributed by atoms with Crippen molar-refractivity contribution in [3.63, 3.8) is 0 Å². The second-order valence-electron chi connectivity index (χ2n) is 8.52. The topological polar surface area (TPSA) is 66.4 Å². The molecule has 1 aliphatic heterocycles. The Morgan fingerprint density at radius 3 is 2.31 bits per heavy atom. The summed E-state index contributed by atoms with van der Waals surface area (Å²) in [5, 5.41) is 0. The highest BCUT2D eigenvalue weighted by Crippen LogP contribution is 2.26. The van der Waals surface area contributed by atoms with Gasteiger partial charge in [-0.2, -0.15) is 13.1 Å². The fourth-order valence-electron chi connectivity index (χ4n) is 3.62. The van der Waals surface area contributed by atoms with Gasteiger partial charge >= 0.3 is 0 Å². The summed E-state index contributed by atoms with van der Waals surface area (Å²) in [5.41, 5.74) is 3.83. The van der Waals surface area contributed by atoms with Gasteiger partial charge in [0.2, 0.25) is 10.0 Å². The number of hydrogen-bond donors (Lipinski definition) is 0. The summed E-state index contributed by atoms with van der Waals surface area (Å²) in [6, 6.07) is 13.9. The molecule has 29 heavy (non-hydrogen) atoms. The minimum Gasteiger partial charge on any atom is -0.296 e. The largest absolute Gasteiger partial charge is 0.296 e. The Bertz CT molecular complexity index is 1090. The van der Waals surface area contributed by atoms with Crippen molar-refractivity contribution >= 4 is 32.8 Å². The number of piperazine rings is 1. The van der Waals surface area contributed by atoms with Crippen LogP contribution in [0.1, 0.15) is 31.9 Å². The molecule has 0 radical (unpaired) electrons. The first-order chi connectivity index (χ1) is 13.7. The molecule has 1 fully saturated rings. The van der Waals surface area contributed by atoms with E-state index in [1.807, 2.05) is 0 Å². The van der Waals surface area contributed by atoms with Crippen molar-refractivity contribution < 1.29 is 8.42 Å². The van der Waals surface area contributed by atoms with Crippen LogP contribution in [-0.4, -0.2) is 52.5 Å². The molecule has 0 unspecified atom stereocenters. The monoisotopic (exact) mass is 430 g/mol. The third-order valence-electron chi connectivity index (χ3n) is 5.42. The maximum Gasteiger partial charge on any atom is 0.245 e. The molecule has 0 bridgehead atoms. The quantitative estimate of drug-likeness (QED) is 0.634. The lowest BCUT2D eigenvalue weighted by molar-refractivity contribution is 0.181. The van der Waals surface area contributed by atoms with Crippen LogP contribution in [0.3, 0.4) is 0 Å². The highest BCUT2D eigenvalue weighted by molar-refractivity contribution is 7.89. The summed E-state index contributed by atoms with van der Waals surface area (Å²) < 4.78 is 36.2. The van der Waals surface area contributed by atoms with E-state index in [-0.39, 0.29) is 10.3 Å². The third kappa shape index (κ3) is 4.21. The summed E-state index contributed by atoms with van der Waals surface area (Å²) in [7, 11) is -3.57. The van der Waals surface area contributed by atoms with Gasteiger partial charge in [0.15, 0.2) is 0 Å². The number of rotatable bonds is 4. The minimum atomic E-state index is -3.57. The Kier molecular flexibility index (Phi) is 5.46. The molecule has 0 spiro atoms. The van der Waals surface area contributed by atoms with Crippen molar-refractivity contribution in [2.24, 2.45) is 0 Å². The van der Waals surface area contributed by atoms with E-state index in [0.29, 0.717) is 37.2 Å². The van der Waals surface area contributed by atoms with Crippen LogP contribution in [0, 0.1) is 0 Å². The lowest BCUT2D eigenvalue weighted by atomic mass is 9.87. The predicted molar refractivity (Wildman–Crippen MR) is 117 cm³/mol. The smallest absolute Gasteiger partial charge is 0.245 e. The van der Waals surface area contributed by atoms with Gasteiger partial charge < -0.3 is 0 Å². The van der Waals surface area contributed by atoms with Crippen molar-refractivity contribution in [1.29, 1.82) is 0 Å². The Morgan fingerprint density at radius 1 is 0.966 bits per heavy atom. The van der Waals surface area contributed by atoms with E-state index in [2.05, 4.69) is 58.7 Å². The second-order valence-corrected chi connectivity index (χ2v) is 11.0. The number of aromatic nitrogens is 2. The van der Waals surface area contributed by atoms with E-state index < -0.39 is 10.0 Å². The first kappa shape index (κ1) is 20.4. The first-order valence-electron chi connectivity index (χ1n) is 9.78. The minimum absolute atomic E-state index is 0.147. The number of hydrogen-bond acceptors (Lipinski definition) is 6. The molecule has 2 aromatic carbocycles. The zero-order valence-corrected chi connectivity index (χ0v) is 18.6. The van der Waals surface area contributed by atoms with Crippen LogP contribution in [0.4, 0.5) is 0 Å². The van der Waals surface area contributed by atoms with Crippen LogP contribution >= 0.6 is 11.7 Å². The molecule has 3 aromatic rings. The van der Waals surface area contributed by atoms with Gasteiger partial charge in [0.1, 0.15) is 15.9 Å². The molecule has 2 heterocycles. The first-order valence-corrected chi connectivity index (χ1v) is 12.0. The third-order valence-corrected chi connectivity index (χ3v) is 7.90. The standard InChI is InChI=1S/C21H26N4O2S2/c1-21(2,3)17-9-7-16(8-10-17)15-24-11-13-25(14-12-24)29(26,27)19-6-4-5-18-20(19)23-28-22-18/h4-10H,11-15H2,1-3H3. The van der Waals surface area contributed by atoms with Crippen molar-refractivity contribution in [1.82, 2.24) is 18.0 Å². The van der Waals surface area contributed by atoms with Crippen LogP contribution in [0.2, 0.25) is 0 Å². The van der Waals surface area contributed by atoms with Crippen LogP contribution in [-0.2, 0) is 22.0 Å². The summed E-state index contributed by atoms with van der Waals surface area (Å²) in [4.78, 5) is 2.57.